The number of hydrogen-bond acceptors (Lipinski definition) is 3. The first-order valence-electron chi connectivity index (χ1n) is 5.47. The fourth-order valence-corrected chi connectivity index (χ4v) is 2.31. The number of hydrogen-bond donors (Lipinski definition) is 1. The Balaban J connectivity index is 2.00. The Kier molecular flexibility index (Phi) is 2.68. The average Bonchev–Trinajstić information content (AvgIpc) is 3.01. The minimum Gasteiger partial charge on any atom is -0.258 e. The van der Waals surface area contributed by atoms with Crippen molar-refractivity contribution in [3.8, 4) is 22.1 Å². The van der Waals surface area contributed by atoms with Crippen LogP contribution in [-0.4, -0.2) is 15.2 Å². The summed E-state index contributed by atoms with van der Waals surface area (Å²) in [7, 11) is 0. The second-order valence-electron chi connectivity index (χ2n) is 3.95. The summed E-state index contributed by atoms with van der Waals surface area (Å²) in [4.78, 5) is 5.39. The SMILES string of the molecule is Cc1ccc(-c2n[nH]c(-c3cccs3)n2)cc1F. The molecule has 0 radical (unpaired) electrons. The number of benzene rings is 1. The Morgan fingerprint density at radius 1 is 1.28 bits per heavy atom. The van der Waals surface area contributed by atoms with Gasteiger partial charge in [0.25, 0.3) is 0 Å². The summed E-state index contributed by atoms with van der Waals surface area (Å²) in [6.07, 6.45) is 0. The Morgan fingerprint density at radius 2 is 2.17 bits per heavy atom. The summed E-state index contributed by atoms with van der Waals surface area (Å²) >= 11 is 1.58. The number of nitrogens with one attached hydrogen (secondary N) is 1. The van der Waals surface area contributed by atoms with Crippen LogP contribution in [0.3, 0.4) is 0 Å². The van der Waals surface area contributed by atoms with E-state index < -0.39 is 0 Å². The lowest BCUT2D eigenvalue weighted by Crippen LogP contribution is -1.86. The quantitative estimate of drug-likeness (QED) is 0.763. The van der Waals surface area contributed by atoms with Crippen molar-refractivity contribution in [1.82, 2.24) is 15.2 Å². The lowest BCUT2D eigenvalue weighted by atomic mass is 10.1. The van der Waals surface area contributed by atoms with Gasteiger partial charge in [-0.15, -0.1) is 11.3 Å². The minimum atomic E-state index is -0.241. The van der Waals surface area contributed by atoms with Crippen LogP contribution in [-0.2, 0) is 0 Å². The first-order valence-corrected chi connectivity index (χ1v) is 6.35. The molecule has 0 spiro atoms. The molecule has 0 aliphatic carbocycles. The number of aromatic amines is 1. The zero-order valence-electron chi connectivity index (χ0n) is 9.64. The van der Waals surface area contributed by atoms with Crippen molar-refractivity contribution in [1.29, 1.82) is 0 Å². The van der Waals surface area contributed by atoms with Crippen molar-refractivity contribution < 1.29 is 4.39 Å². The summed E-state index contributed by atoms with van der Waals surface area (Å²) < 4.78 is 13.5. The number of rotatable bonds is 2. The third-order valence-corrected chi connectivity index (χ3v) is 3.55. The van der Waals surface area contributed by atoms with E-state index in [9.17, 15) is 4.39 Å². The van der Waals surface area contributed by atoms with Crippen molar-refractivity contribution in [2.45, 2.75) is 6.92 Å². The van der Waals surface area contributed by atoms with Gasteiger partial charge in [-0.2, -0.15) is 5.10 Å². The normalized spacial score (nSPS) is 10.8. The molecule has 0 atom stereocenters. The van der Waals surface area contributed by atoms with Gasteiger partial charge in [0.15, 0.2) is 11.6 Å². The molecular formula is C13H10FN3S. The van der Waals surface area contributed by atoms with E-state index in [1.165, 1.54) is 6.07 Å². The van der Waals surface area contributed by atoms with Gasteiger partial charge >= 0.3 is 0 Å². The van der Waals surface area contributed by atoms with Gasteiger partial charge in [-0.25, -0.2) is 9.37 Å². The molecule has 5 heteroatoms. The second-order valence-corrected chi connectivity index (χ2v) is 4.90. The maximum atomic E-state index is 13.5. The van der Waals surface area contributed by atoms with Crippen molar-refractivity contribution in [3.05, 3.63) is 47.1 Å². The van der Waals surface area contributed by atoms with E-state index >= 15 is 0 Å². The molecule has 2 heterocycles. The summed E-state index contributed by atoms with van der Waals surface area (Å²) in [6, 6.07) is 8.92. The van der Waals surface area contributed by atoms with E-state index in [1.54, 1.807) is 24.3 Å². The highest BCUT2D eigenvalue weighted by molar-refractivity contribution is 7.13. The Morgan fingerprint density at radius 3 is 2.89 bits per heavy atom. The first-order chi connectivity index (χ1) is 8.74. The van der Waals surface area contributed by atoms with Crippen LogP contribution >= 0.6 is 11.3 Å². The van der Waals surface area contributed by atoms with E-state index in [0.29, 0.717) is 22.8 Å². The molecule has 3 nitrogen and oxygen atoms in total. The Bertz CT molecular complexity index is 673. The van der Waals surface area contributed by atoms with Crippen molar-refractivity contribution >= 4 is 11.3 Å². The van der Waals surface area contributed by atoms with E-state index in [4.69, 9.17) is 0 Å². The zero-order valence-corrected chi connectivity index (χ0v) is 10.5. The number of thiophene rings is 1. The van der Waals surface area contributed by atoms with E-state index in [2.05, 4.69) is 15.2 Å². The van der Waals surface area contributed by atoms with Crippen LogP contribution in [0.15, 0.2) is 35.7 Å². The van der Waals surface area contributed by atoms with Gasteiger partial charge in [-0.05, 0) is 30.0 Å². The number of aryl methyl sites for hydroxylation is 1. The van der Waals surface area contributed by atoms with Crippen LogP contribution in [0.25, 0.3) is 22.1 Å². The van der Waals surface area contributed by atoms with Crippen LogP contribution in [0.5, 0.6) is 0 Å². The molecule has 0 aliphatic rings. The predicted octanol–water partition coefficient (Wildman–Crippen LogP) is 3.65. The van der Waals surface area contributed by atoms with Crippen LogP contribution in [0, 0.1) is 12.7 Å². The second kappa shape index (κ2) is 4.34. The summed E-state index contributed by atoms with van der Waals surface area (Å²) in [6.45, 7) is 1.73. The topological polar surface area (TPSA) is 41.6 Å². The van der Waals surface area contributed by atoms with Gasteiger partial charge in [0.05, 0.1) is 4.88 Å². The van der Waals surface area contributed by atoms with Crippen LogP contribution in [0.1, 0.15) is 5.56 Å². The molecule has 90 valence electrons. The highest BCUT2D eigenvalue weighted by Gasteiger charge is 2.09. The van der Waals surface area contributed by atoms with Crippen LogP contribution in [0.2, 0.25) is 0 Å². The van der Waals surface area contributed by atoms with E-state index in [0.717, 1.165) is 4.88 Å². The fourth-order valence-electron chi connectivity index (χ4n) is 1.65. The standard InChI is InChI=1S/C13H10FN3S/c1-8-4-5-9(7-10(8)14)12-15-13(17-16-12)11-3-2-6-18-11/h2-7H,1H3,(H,15,16,17). The lowest BCUT2D eigenvalue weighted by molar-refractivity contribution is 0.619. The highest BCUT2D eigenvalue weighted by atomic mass is 32.1. The van der Waals surface area contributed by atoms with Crippen molar-refractivity contribution in [3.63, 3.8) is 0 Å². The molecule has 0 aliphatic heterocycles. The van der Waals surface area contributed by atoms with Gasteiger partial charge in [0.2, 0.25) is 0 Å². The molecular weight excluding hydrogens is 249 g/mol. The maximum Gasteiger partial charge on any atom is 0.181 e. The third-order valence-electron chi connectivity index (χ3n) is 2.67. The molecule has 0 amide bonds. The largest absolute Gasteiger partial charge is 0.258 e. The lowest BCUT2D eigenvalue weighted by Gasteiger charge is -1.98. The van der Waals surface area contributed by atoms with Gasteiger partial charge < -0.3 is 0 Å². The number of nitrogens with zero attached hydrogens (tertiary/aromatic N) is 2. The monoisotopic (exact) mass is 259 g/mol. The molecule has 0 saturated heterocycles. The molecule has 2 aromatic heterocycles. The number of aromatic nitrogens is 3. The molecule has 0 bridgehead atoms. The third kappa shape index (κ3) is 1.93. The van der Waals surface area contributed by atoms with Gasteiger partial charge in [-0.3, -0.25) is 5.10 Å². The van der Waals surface area contributed by atoms with Crippen LogP contribution in [0.4, 0.5) is 4.39 Å². The summed E-state index contributed by atoms with van der Waals surface area (Å²) in [5.74, 6) is 0.980. The van der Waals surface area contributed by atoms with Gasteiger partial charge in [-0.1, -0.05) is 18.2 Å². The molecule has 0 fully saturated rings. The number of H-pyrrole nitrogens is 1. The summed E-state index contributed by atoms with van der Waals surface area (Å²) in [5.41, 5.74) is 1.30. The Labute approximate surface area is 107 Å². The predicted molar refractivity (Wildman–Crippen MR) is 69.8 cm³/mol. The van der Waals surface area contributed by atoms with Gasteiger partial charge in [0, 0.05) is 5.56 Å². The van der Waals surface area contributed by atoms with E-state index in [1.807, 2.05) is 23.6 Å². The Hall–Kier alpha value is -2.01. The van der Waals surface area contributed by atoms with Crippen molar-refractivity contribution in [2.24, 2.45) is 0 Å². The molecule has 3 rings (SSSR count). The molecule has 1 N–H and O–H groups in total. The molecule has 1 aromatic carbocycles. The molecule has 18 heavy (non-hydrogen) atoms. The fraction of sp³-hybridized carbons (Fsp3) is 0.0769. The van der Waals surface area contributed by atoms with Gasteiger partial charge in [0.1, 0.15) is 5.82 Å². The highest BCUT2D eigenvalue weighted by Crippen LogP contribution is 2.24. The minimum absolute atomic E-state index is 0.241. The van der Waals surface area contributed by atoms with Crippen LogP contribution < -0.4 is 0 Å². The molecule has 0 saturated carbocycles. The van der Waals surface area contributed by atoms with Crippen molar-refractivity contribution in [2.75, 3.05) is 0 Å². The molecule has 3 aromatic rings. The first kappa shape index (κ1) is 11.1. The average molecular weight is 259 g/mol. The maximum absolute atomic E-state index is 13.5. The smallest absolute Gasteiger partial charge is 0.181 e. The van der Waals surface area contributed by atoms with E-state index in [-0.39, 0.29) is 5.82 Å². The summed E-state index contributed by atoms with van der Waals surface area (Å²) in [5, 5.41) is 8.96. The zero-order chi connectivity index (χ0) is 12.5. The molecule has 0 unspecified atom stereocenters. The number of halogens is 1.